The Morgan fingerprint density at radius 3 is 2.65 bits per heavy atom. The van der Waals surface area contributed by atoms with Crippen LogP contribution < -0.4 is 0 Å². The first-order valence-electron chi connectivity index (χ1n) is 7.37. The quantitative estimate of drug-likeness (QED) is 0.800. The summed E-state index contributed by atoms with van der Waals surface area (Å²) in [6, 6.07) is 5.69. The third-order valence-corrected chi connectivity index (χ3v) is 3.85. The smallest absolute Gasteiger partial charge is 0.187 e. The van der Waals surface area contributed by atoms with Crippen molar-refractivity contribution in [3.63, 3.8) is 0 Å². The van der Waals surface area contributed by atoms with E-state index in [1.165, 1.54) is 18.2 Å². The molecular weight excluding hydrogens is 307 g/mol. The highest BCUT2D eigenvalue weighted by atomic mass is 19.1. The van der Waals surface area contributed by atoms with Crippen LogP contribution in [0.25, 0.3) is 0 Å². The zero-order chi connectivity index (χ0) is 16.4. The second-order valence-electron chi connectivity index (χ2n) is 5.46. The molecule has 0 bridgehead atoms. The van der Waals surface area contributed by atoms with Gasteiger partial charge in [-0.05, 0) is 12.1 Å². The Bertz CT molecular complexity index is 534. The van der Waals surface area contributed by atoms with Crippen LogP contribution in [-0.2, 0) is 18.9 Å². The Morgan fingerprint density at radius 2 is 1.96 bits per heavy atom. The number of aliphatic hydroxyl groups is 2. The molecule has 0 spiro atoms. The molecule has 2 saturated heterocycles. The first-order chi connectivity index (χ1) is 11.1. The standard InChI is InChI=1S/C16H19FO6/c1-2-7-20-16-13(19)12(18)14-11(22-16)8-21-15(23-14)9-3-5-10(17)6-4-9/h2-6,11-16,18-19H,1,7-8H2/t11-,12-,13-,14-,15-,16+/m1/s1. The average Bonchev–Trinajstić information content (AvgIpc) is 2.57. The van der Waals surface area contributed by atoms with E-state index < -0.39 is 37.0 Å². The molecule has 7 heteroatoms. The lowest BCUT2D eigenvalue weighted by Crippen LogP contribution is -2.62. The first-order valence-corrected chi connectivity index (χ1v) is 7.37. The zero-order valence-electron chi connectivity index (χ0n) is 12.4. The van der Waals surface area contributed by atoms with Gasteiger partial charge in [0.15, 0.2) is 12.6 Å². The minimum atomic E-state index is -1.25. The van der Waals surface area contributed by atoms with E-state index in [0.717, 1.165) is 0 Å². The summed E-state index contributed by atoms with van der Waals surface area (Å²) in [5.74, 6) is -0.360. The van der Waals surface area contributed by atoms with Gasteiger partial charge in [0.25, 0.3) is 0 Å². The molecule has 0 unspecified atom stereocenters. The summed E-state index contributed by atoms with van der Waals surface area (Å²) in [6.07, 6.45) is -3.98. The average molecular weight is 326 g/mol. The van der Waals surface area contributed by atoms with E-state index in [-0.39, 0.29) is 19.0 Å². The van der Waals surface area contributed by atoms with Crippen LogP contribution in [0.2, 0.25) is 0 Å². The SMILES string of the molecule is C=CCO[C@H]1O[C@@H]2CO[C@@H](c3ccc(F)cc3)O[C@H]2[C@H](O)[C@H]1O. The van der Waals surface area contributed by atoms with Crippen molar-refractivity contribution in [2.45, 2.75) is 37.0 Å². The Kier molecular flexibility index (Phi) is 5.05. The summed E-state index contributed by atoms with van der Waals surface area (Å²) in [5, 5.41) is 20.4. The van der Waals surface area contributed by atoms with Gasteiger partial charge in [-0.3, -0.25) is 0 Å². The maximum absolute atomic E-state index is 13.0. The Morgan fingerprint density at radius 1 is 1.22 bits per heavy atom. The molecule has 0 aliphatic carbocycles. The van der Waals surface area contributed by atoms with Gasteiger partial charge in [0.1, 0.15) is 30.2 Å². The molecule has 126 valence electrons. The van der Waals surface area contributed by atoms with E-state index in [0.29, 0.717) is 5.56 Å². The summed E-state index contributed by atoms with van der Waals surface area (Å²) < 4.78 is 35.1. The molecule has 6 nitrogen and oxygen atoms in total. The Hall–Kier alpha value is -1.35. The van der Waals surface area contributed by atoms with Crippen LogP contribution in [0, 0.1) is 5.82 Å². The van der Waals surface area contributed by atoms with Crippen molar-refractivity contribution in [1.82, 2.24) is 0 Å². The van der Waals surface area contributed by atoms with Gasteiger partial charge in [0.2, 0.25) is 0 Å². The third-order valence-electron chi connectivity index (χ3n) is 3.85. The van der Waals surface area contributed by atoms with Crippen molar-refractivity contribution in [2.75, 3.05) is 13.2 Å². The molecule has 2 fully saturated rings. The van der Waals surface area contributed by atoms with Crippen molar-refractivity contribution in [3.05, 3.63) is 48.3 Å². The predicted molar refractivity (Wildman–Crippen MR) is 76.8 cm³/mol. The van der Waals surface area contributed by atoms with Crippen LogP contribution in [0.3, 0.4) is 0 Å². The molecule has 0 aromatic heterocycles. The van der Waals surface area contributed by atoms with Crippen molar-refractivity contribution in [1.29, 1.82) is 0 Å². The highest BCUT2D eigenvalue weighted by molar-refractivity contribution is 5.18. The van der Waals surface area contributed by atoms with Crippen LogP contribution in [-0.4, -0.2) is 54.1 Å². The van der Waals surface area contributed by atoms with E-state index >= 15 is 0 Å². The normalized spacial score (nSPS) is 37.2. The van der Waals surface area contributed by atoms with Crippen LogP contribution >= 0.6 is 0 Å². The topological polar surface area (TPSA) is 77.4 Å². The lowest BCUT2D eigenvalue weighted by atomic mass is 9.98. The zero-order valence-corrected chi connectivity index (χ0v) is 12.4. The van der Waals surface area contributed by atoms with Gasteiger partial charge in [0.05, 0.1) is 13.2 Å². The van der Waals surface area contributed by atoms with E-state index in [2.05, 4.69) is 6.58 Å². The van der Waals surface area contributed by atoms with Gasteiger partial charge in [0, 0.05) is 5.56 Å². The van der Waals surface area contributed by atoms with Gasteiger partial charge in [-0.2, -0.15) is 0 Å². The van der Waals surface area contributed by atoms with Crippen LogP contribution in [0.1, 0.15) is 11.9 Å². The number of hydrogen-bond donors (Lipinski definition) is 2. The molecule has 2 aliphatic heterocycles. The first kappa shape index (κ1) is 16.5. The predicted octanol–water partition coefficient (Wildman–Crippen LogP) is 0.889. The Labute approximate surface area is 133 Å². The molecular formula is C16H19FO6. The summed E-state index contributed by atoms with van der Waals surface area (Å²) >= 11 is 0. The summed E-state index contributed by atoms with van der Waals surface area (Å²) in [6.45, 7) is 3.86. The van der Waals surface area contributed by atoms with Crippen molar-refractivity contribution < 1.29 is 33.6 Å². The van der Waals surface area contributed by atoms with Crippen molar-refractivity contribution >= 4 is 0 Å². The monoisotopic (exact) mass is 326 g/mol. The van der Waals surface area contributed by atoms with Gasteiger partial charge >= 0.3 is 0 Å². The molecule has 2 aliphatic rings. The Balaban J connectivity index is 1.69. The number of halogens is 1. The van der Waals surface area contributed by atoms with Gasteiger partial charge in [-0.15, -0.1) is 6.58 Å². The van der Waals surface area contributed by atoms with E-state index in [4.69, 9.17) is 18.9 Å². The molecule has 2 heterocycles. The number of fused-ring (bicyclic) bond motifs is 1. The lowest BCUT2D eigenvalue weighted by Gasteiger charge is -2.46. The number of benzene rings is 1. The van der Waals surface area contributed by atoms with Gasteiger partial charge < -0.3 is 29.2 Å². The van der Waals surface area contributed by atoms with Gasteiger partial charge in [-0.25, -0.2) is 4.39 Å². The number of aliphatic hydroxyl groups excluding tert-OH is 2. The lowest BCUT2D eigenvalue weighted by molar-refractivity contribution is -0.360. The summed E-state index contributed by atoms with van der Waals surface area (Å²) in [4.78, 5) is 0. The second kappa shape index (κ2) is 7.04. The largest absolute Gasteiger partial charge is 0.387 e. The fraction of sp³-hybridized carbons (Fsp3) is 0.500. The van der Waals surface area contributed by atoms with E-state index in [1.54, 1.807) is 12.1 Å². The fourth-order valence-electron chi connectivity index (χ4n) is 2.67. The molecule has 3 rings (SSSR count). The molecule has 1 aromatic carbocycles. The number of rotatable bonds is 4. The molecule has 6 atom stereocenters. The third kappa shape index (κ3) is 3.45. The van der Waals surface area contributed by atoms with E-state index in [1.807, 2.05) is 0 Å². The molecule has 2 N–H and O–H groups in total. The van der Waals surface area contributed by atoms with Crippen molar-refractivity contribution in [3.8, 4) is 0 Å². The summed E-state index contributed by atoms with van der Waals surface area (Å²) in [5.41, 5.74) is 0.622. The summed E-state index contributed by atoms with van der Waals surface area (Å²) in [7, 11) is 0. The molecule has 23 heavy (non-hydrogen) atoms. The molecule has 0 radical (unpaired) electrons. The fourth-order valence-corrected chi connectivity index (χ4v) is 2.67. The maximum Gasteiger partial charge on any atom is 0.187 e. The van der Waals surface area contributed by atoms with Crippen LogP contribution in [0.4, 0.5) is 4.39 Å². The minimum absolute atomic E-state index is 0.157. The molecule has 0 amide bonds. The molecule has 1 aromatic rings. The highest BCUT2D eigenvalue weighted by Crippen LogP contribution is 2.34. The van der Waals surface area contributed by atoms with Crippen molar-refractivity contribution in [2.24, 2.45) is 0 Å². The maximum atomic E-state index is 13.0. The van der Waals surface area contributed by atoms with Gasteiger partial charge in [-0.1, -0.05) is 18.2 Å². The second-order valence-corrected chi connectivity index (χ2v) is 5.46. The minimum Gasteiger partial charge on any atom is -0.387 e. The number of ether oxygens (including phenoxy) is 4. The number of hydrogen-bond acceptors (Lipinski definition) is 6. The van der Waals surface area contributed by atoms with E-state index in [9.17, 15) is 14.6 Å². The van der Waals surface area contributed by atoms with Crippen LogP contribution in [0.15, 0.2) is 36.9 Å². The van der Waals surface area contributed by atoms with Crippen LogP contribution in [0.5, 0.6) is 0 Å². The molecule has 0 saturated carbocycles. The highest BCUT2D eigenvalue weighted by Gasteiger charge is 2.49.